The Morgan fingerprint density at radius 3 is 2.62 bits per heavy atom. The molecule has 1 aliphatic heterocycles. The molecule has 3 heterocycles. The number of ether oxygens (including phenoxy) is 2. The number of carbonyl (C=O) groups is 2. The Hall–Kier alpha value is -4.19. The quantitative estimate of drug-likeness (QED) is 0.395. The normalized spacial score (nSPS) is 15.2. The van der Waals surface area contributed by atoms with Crippen LogP contribution in [0.25, 0.3) is 16.9 Å². The minimum Gasteiger partial charge on any atom is -0.469 e. The maximum absolute atomic E-state index is 11.9. The molecule has 0 unspecified atom stereocenters. The number of fused-ring (bicyclic) bond motifs is 1. The number of aliphatic imine (C=N–C) groups is 1. The van der Waals surface area contributed by atoms with Crippen molar-refractivity contribution in [1.82, 2.24) is 35.2 Å². The molecule has 0 atom stereocenters. The van der Waals surface area contributed by atoms with Crippen molar-refractivity contribution in [3.05, 3.63) is 47.7 Å². The maximum Gasteiger partial charge on any atom is 0.407 e. The number of amides is 1. The molecule has 1 N–H and O–H groups in total. The van der Waals surface area contributed by atoms with Crippen LogP contribution < -0.4 is 5.32 Å². The number of methoxy groups -OCH3 is 1. The van der Waals surface area contributed by atoms with E-state index in [1.54, 1.807) is 10.9 Å². The molecule has 1 amide bonds. The fourth-order valence-corrected chi connectivity index (χ4v) is 4.21. The summed E-state index contributed by atoms with van der Waals surface area (Å²) >= 11 is 0. The van der Waals surface area contributed by atoms with Crippen molar-refractivity contribution in [2.24, 2.45) is 4.99 Å². The van der Waals surface area contributed by atoms with E-state index in [9.17, 15) is 9.59 Å². The highest BCUT2D eigenvalue weighted by Crippen LogP contribution is 2.19. The van der Waals surface area contributed by atoms with Crippen molar-refractivity contribution in [1.29, 1.82) is 0 Å². The van der Waals surface area contributed by atoms with Crippen LogP contribution >= 0.6 is 0 Å². The molecule has 40 heavy (non-hydrogen) atoms. The molecule has 12 heteroatoms. The molecular formula is C28H36N8O4. The van der Waals surface area contributed by atoms with E-state index in [1.807, 2.05) is 45.0 Å². The van der Waals surface area contributed by atoms with Gasteiger partial charge in [-0.15, -0.1) is 5.10 Å². The third-order valence-electron chi connectivity index (χ3n) is 6.16. The van der Waals surface area contributed by atoms with E-state index in [0.717, 1.165) is 42.9 Å². The Kier molecular flexibility index (Phi) is 9.20. The number of nitrogens with one attached hydrogen (secondary N) is 1. The topological polar surface area (TPSA) is 137 Å². The molecule has 0 radical (unpaired) electrons. The molecule has 212 valence electrons. The average Bonchev–Trinajstić information content (AvgIpc) is 3.34. The van der Waals surface area contributed by atoms with Crippen LogP contribution in [0.4, 0.5) is 10.7 Å². The number of carbonyl (C=O) groups excluding carboxylic acids is 2. The minimum atomic E-state index is -0.551. The molecular weight excluding hydrogens is 512 g/mol. The van der Waals surface area contributed by atoms with Gasteiger partial charge in [0.1, 0.15) is 5.60 Å². The molecule has 0 fully saturated rings. The lowest BCUT2D eigenvalue weighted by Gasteiger charge is -2.27. The number of nitrogens with zero attached hydrogens (tertiary/aromatic N) is 7. The van der Waals surface area contributed by atoms with E-state index in [2.05, 4.69) is 43.5 Å². The van der Waals surface area contributed by atoms with Gasteiger partial charge in [-0.1, -0.05) is 29.8 Å². The Bertz CT molecular complexity index is 1410. The second-order valence-corrected chi connectivity index (χ2v) is 10.6. The van der Waals surface area contributed by atoms with Gasteiger partial charge in [-0.2, -0.15) is 9.67 Å². The number of aromatic nitrogens is 5. The number of benzene rings is 1. The first kappa shape index (κ1) is 28.8. The summed E-state index contributed by atoms with van der Waals surface area (Å²) in [6.07, 6.45) is 5.28. The molecule has 0 aliphatic carbocycles. The van der Waals surface area contributed by atoms with Crippen LogP contribution in [0.2, 0.25) is 0 Å². The minimum absolute atomic E-state index is 0.198. The van der Waals surface area contributed by atoms with Crippen molar-refractivity contribution in [2.75, 3.05) is 26.7 Å². The molecule has 2 aromatic heterocycles. The zero-order chi connectivity index (χ0) is 28.7. The lowest BCUT2D eigenvalue weighted by atomic mass is 10.1. The first-order valence-corrected chi connectivity index (χ1v) is 13.3. The standard InChI is InChI=1S/C28H36N8O4/c1-6-19-14-21(18-35(17-19)13-7-8-24(37)39-5)31-26-29-16-23-25(32-26)36(34-33-23)22-11-9-20(10-12-22)15-30-27(38)40-28(2,3)4/h9-12,14,16H,6-8,13,15,17-18H2,1-5H3,(H,30,38). The molecule has 4 rings (SSSR count). The summed E-state index contributed by atoms with van der Waals surface area (Å²) in [7, 11) is 1.41. The largest absolute Gasteiger partial charge is 0.469 e. The van der Waals surface area contributed by atoms with Gasteiger partial charge in [0.25, 0.3) is 5.95 Å². The lowest BCUT2D eigenvalue weighted by Crippen LogP contribution is -2.36. The van der Waals surface area contributed by atoms with Crippen LogP contribution in [-0.2, 0) is 20.8 Å². The number of esters is 1. The molecule has 1 aliphatic rings. The smallest absolute Gasteiger partial charge is 0.407 e. The van der Waals surface area contributed by atoms with Crippen molar-refractivity contribution in [3.8, 4) is 5.69 Å². The van der Waals surface area contributed by atoms with Gasteiger partial charge in [0.15, 0.2) is 11.2 Å². The highest BCUT2D eigenvalue weighted by atomic mass is 16.6. The summed E-state index contributed by atoms with van der Waals surface area (Å²) < 4.78 is 11.7. The van der Waals surface area contributed by atoms with Crippen molar-refractivity contribution in [3.63, 3.8) is 0 Å². The molecule has 0 saturated heterocycles. The number of alkyl carbamates (subject to hydrolysis) is 1. The second kappa shape index (κ2) is 12.8. The van der Waals surface area contributed by atoms with Crippen LogP contribution in [0.3, 0.4) is 0 Å². The summed E-state index contributed by atoms with van der Waals surface area (Å²) in [5.41, 5.74) is 4.34. The van der Waals surface area contributed by atoms with Gasteiger partial charge < -0.3 is 14.8 Å². The van der Waals surface area contributed by atoms with E-state index in [-0.39, 0.29) is 5.97 Å². The van der Waals surface area contributed by atoms with Gasteiger partial charge in [-0.3, -0.25) is 9.69 Å². The van der Waals surface area contributed by atoms with E-state index in [0.29, 0.717) is 36.6 Å². The average molecular weight is 549 g/mol. The van der Waals surface area contributed by atoms with E-state index in [1.165, 1.54) is 12.7 Å². The van der Waals surface area contributed by atoms with Crippen LogP contribution in [0.15, 0.2) is 47.1 Å². The second-order valence-electron chi connectivity index (χ2n) is 10.6. The number of hydrogen-bond acceptors (Lipinski definition) is 10. The van der Waals surface area contributed by atoms with Gasteiger partial charge in [0, 0.05) is 26.1 Å². The summed E-state index contributed by atoms with van der Waals surface area (Å²) in [6, 6.07) is 7.57. The summed E-state index contributed by atoms with van der Waals surface area (Å²) in [4.78, 5) is 39.5. The van der Waals surface area contributed by atoms with Crippen LogP contribution in [0.1, 0.15) is 52.5 Å². The van der Waals surface area contributed by atoms with E-state index in [4.69, 9.17) is 14.5 Å². The predicted octanol–water partition coefficient (Wildman–Crippen LogP) is 3.91. The Labute approximate surface area is 233 Å². The Morgan fingerprint density at radius 2 is 1.93 bits per heavy atom. The molecule has 0 spiro atoms. The number of rotatable bonds is 9. The molecule has 0 saturated carbocycles. The van der Waals surface area contributed by atoms with Crippen LogP contribution in [0.5, 0.6) is 0 Å². The molecule has 3 aromatic rings. The summed E-state index contributed by atoms with van der Waals surface area (Å²) in [6.45, 7) is 10.2. The van der Waals surface area contributed by atoms with Crippen LogP contribution in [0, 0.1) is 0 Å². The maximum atomic E-state index is 11.9. The van der Waals surface area contributed by atoms with Gasteiger partial charge in [-0.25, -0.2) is 14.8 Å². The van der Waals surface area contributed by atoms with Gasteiger partial charge >= 0.3 is 12.1 Å². The lowest BCUT2D eigenvalue weighted by molar-refractivity contribution is -0.140. The fraction of sp³-hybridized carbons (Fsp3) is 0.464. The van der Waals surface area contributed by atoms with E-state index < -0.39 is 11.7 Å². The summed E-state index contributed by atoms with van der Waals surface area (Å²) in [5, 5.41) is 11.2. The van der Waals surface area contributed by atoms with E-state index >= 15 is 0 Å². The number of hydrogen-bond donors (Lipinski definition) is 1. The molecule has 0 bridgehead atoms. The zero-order valence-electron chi connectivity index (χ0n) is 23.7. The molecule has 12 nitrogen and oxygen atoms in total. The Balaban J connectivity index is 1.48. The molecule has 1 aromatic carbocycles. The SMILES string of the molecule is CCC1=CC(=Nc2ncc3nnn(-c4ccc(CNC(=O)OC(C)(C)C)cc4)c3n2)CN(CCCC(=O)OC)C1. The third kappa shape index (κ3) is 7.92. The van der Waals surface area contributed by atoms with Crippen molar-refractivity contribution < 1.29 is 19.1 Å². The highest BCUT2D eigenvalue weighted by molar-refractivity contribution is 5.99. The summed E-state index contributed by atoms with van der Waals surface area (Å²) in [5.74, 6) is 0.128. The van der Waals surface area contributed by atoms with Crippen molar-refractivity contribution >= 4 is 34.9 Å². The monoisotopic (exact) mass is 548 g/mol. The van der Waals surface area contributed by atoms with Crippen molar-refractivity contribution in [2.45, 2.75) is 59.1 Å². The highest BCUT2D eigenvalue weighted by Gasteiger charge is 2.18. The van der Waals surface area contributed by atoms with Crippen LogP contribution in [-0.4, -0.2) is 80.0 Å². The Morgan fingerprint density at radius 1 is 1.15 bits per heavy atom. The fourth-order valence-electron chi connectivity index (χ4n) is 4.21. The first-order valence-electron chi connectivity index (χ1n) is 13.3. The third-order valence-corrected chi connectivity index (χ3v) is 6.16. The van der Waals surface area contributed by atoms with Gasteiger partial charge in [0.05, 0.1) is 24.7 Å². The first-order chi connectivity index (χ1) is 19.1. The van der Waals surface area contributed by atoms with Gasteiger partial charge in [0.2, 0.25) is 0 Å². The predicted molar refractivity (Wildman–Crippen MR) is 151 cm³/mol. The zero-order valence-corrected chi connectivity index (χ0v) is 23.7. The van der Waals surface area contributed by atoms with Gasteiger partial charge in [-0.05, 0) is 63.9 Å².